The van der Waals surface area contributed by atoms with Gasteiger partial charge in [0.15, 0.2) is 0 Å². The predicted octanol–water partition coefficient (Wildman–Crippen LogP) is 0.657. The van der Waals surface area contributed by atoms with E-state index in [1.165, 1.54) is 19.2 Å². The SMILES string of the molecule is COc1ccc(C(=O)NCCNC(=O)C2CC2)c(O)c1. The zero-order valence-electron chi connectivity index (χ0n) is 11.3. The van der Waals surface area contributed by atoms with E-state index in [-0.39, 0.29) is 29.0 Å². The Balaban J connectivity index is 1.77. The fourth-order valence-electron chi connectivity index (χ4n) is 1.78. The number of hydrogen-bond acceptors (Lipinski definition) is 4. The molecule has 0 spiro atoms. The first kappa shape index (κ1) is 14.2. The van der Waals surface area contributed by atoms with E-state index in [0.29, 0.717) is 18.8 Å². The van der Waals surface area contributed by atoms with E-state index in [0.717, 1.165) is 12.8 Å². The highest BCUT2D eigenvalue weighted by Crippen LogP contribution is 2.28. The summed E-state index contributed by atoms with van der Waals surface area (Å²) in [6, 6.07) is 4.47. The quantitative estimate of drug-likeness (QED) is 0.667. The van der Waals surface area contributed by atoms with Crippen molar-refractivity contribution in [2.24, 2.45) is 5.92 Å². The molecule has 0 unspecified atom stereocenters. The van der Waals surface area contributed by atoms with Crippen molar-refractivity contribution in [2.75, 3.05) is 20.2 Å². The maximum atomic E-state index is 11.8. The highest BCUT2D eigenvalue weighted by atomic mass is 16.5. The van der Waals surface area contributed by atoms with Gasteiger partial charge in [-0.3, -0.25) is 9.59 Å². The molecular formula is C14H18N2O4. The van der Waals surface area contributed by atoms with Gasteiger partial charge in [-0.2, -0.15) is 0 Å². The summed E-state index contributed by atoms with van der Waals surface area (Å²) in [5.74, 6) is 0.174. The van der Waals surface area contributed by atoms with Crippen molar-refractivity contribution >= 4 is 11.8 Å². The number of phenols is 1. The second kappa shape index (κ2) is 6.27. The van der Waals surface area contributed by atoms with E-state index in [9.17, 15) is 14.7 Å². The van der Waals surface area contributed by atoms with Crippen molar-refractivity contribution in [1.82, 2.24) is 10.6 Å². The van der Waals surface area contributed by atoms with E-state index in [2.05, 4.69) is 10.6 Å². The van der Waals surface area contributed by atoms with Gasteiger partial charge in [0.2, 0.25) is 5.91 Å². The van der Waals surface area contributed by atoms with Crippen molar-refractivity contribution < 1.29 is 19.4 Å². The van der Waals surface area contributed by atoms with Gasteiger partial charge in [0, 0.05) is 25.1 Å². The normalized spacial score (nSPS) is 13.7. The number of phenolic OH excluding ortho intramolecular Hbond substituents is 1. The smallest absolute Gasteiger partial charge is 0.255 e. The van der Waals surface area contributed by atoms with Gasteiger partial charge in [-0.15, -0.1) is 0 Å². The Kier molecular flexibility index (Phi) is 4.45. The molecule has 1 aromatic rings. The zero-order chi connectivity index (χ0) is 14.5. The van der Waals surface area contributed by atoms with Crippen LogP contribution in [0.2, 0.25) is 0 Å². The molecule has 0 aromatic heterocycles. The largest absolute Gasteiger partial charge is 0.507 e. The van der Waals surface area contributed by atoms with Crippen molar-refractivity contribution in [3.8, 4) is 11.5 Å². The highest BCUT2D eigenvalue weighted by molar-refractivity contribution is 5.97. The van der Waals surface area contributed by atoms with E-state index in [1.54, 1.807) is 6.07 Å². The van der Waals surface area contributed by atoms with E-state index in [4.69, 9.17) is 4.74 Å². The molecule has 20 heavy (non-hydrogen) atoms. The molecule has 1 aliphatic rings. The van der Waals surface area contributed by atoms with Crippen molar-refractivity contribution in [1.29, 1.82) is 0 Å². The third-order valence-electron chi connectivity index (χ3n) is 3.11. The molecule has 0 saturated heterocycles. The number of carbonyl (C=O) groups is 2. The van der Waals surface area contributed by atoms with Crippen LogP contribution in [0.25, 0.3) is 0 Å². The molecule has 0 bridgehead atoms. The van der Waals surface area contributed by atoms with Crippen molar-refractivity contribution in [3.63, 3.8) is 0 Å². The molecule has 2 rings (SSSR count). The van der Waals surface area contributed by atoms with Crippen LogP contribution >= 0.6 is 0 Å². The Labute approximate surface area is 117 Å². The van der Waals surface area contributed by atoms with Crippen molar-refractivity contribution in [3.05, 3.63) is 23.8 Å². The van der Waals surface area contributed by atoms with Gasteiger partial charge in [-0.25, -0.2) is 0 Å². The number of rotatable bonds is 6. The molecule has 6 heteroatoms. The number of amides is 2. The average molecular weight is 278 g/mol. The Morgan fingerprint density at radius 1 is 1.30 bits per heavy atom. The summed E-state index contributed by atoms with van der Waals surface area (Å²) in [4.78, 5) is 23.2. The van der Waals surface area contributed by atoms with Crippen LogP contribution in [0.4, 0.5) is 0 Å². The second-order valence-electron chi connectivity index (χ2n) is 4.70. The first-order chi connectivity index (χ1) is 9.61. The van der Waals surface area contributed by atoms with E-state index >= 15 is 0 Å². The molecule has 3 N–H and O–H groups in total. The van der Waals surface area contributed by atoms with Crippen LogP contribution in [0.3, 0.4) is 0 Å². The summed E-state index contributed by atoms with van der Waals surface area (Å²) in [6.07, 6.45) is 1.91. The molecule has 1 aliphatic carbocycles. The van der Waals surface area contributed by atoms with Crippen LogP contribution in [0.1, 0.15) is 23.2 Å². The van der Waals surface area contributed by atoms with Crippen LogP contribution < -0.4 is 15.4 Å². The standard InChI is InChI=1S/C14H18N2O4/c1-20-10-4-5-11(12(17)8-10)14(19)16-7-6-15-13(18)9-2-3-9/h4-5,8-9,17H,2-3,6-7H2,1H3,(H,15,18)(H,16,19). The lowest BCUT2D eigenvalue weighted by atomic mass is 10.2. The Morgan fingerprint density at radius 3 is 2.60 bits per heavy atom. The first-order valence-corrected chi connectivity index (χ1v) is 6.54. The van der Waals surface area contributed by atoms with Gasteiger partial charge in [-0.05, 0) is 25.0 Å². The number of methoxy groups -OCH3 is 1. The number of aromatic hydroxyl groups is 1. The van der Waals surface area contributed by atoms with E-state index < -0.39 is 0 Å². The minimum Gasteiger partial charge on any atom is -0.507 e. The number of ether oxygens (including phenoxy) is 1. The van der Waals surface area contributed by atoms with Gasteiger partial charge in [0.25, 0.3) is 5.91 Å². The Hall–Kier alpha value is -2.24. The summed E-state index contributed by atoms with van der Waals surface area (Å²) in [5, 5.41) is 15.1. The molecule has 0 radical (unpaired) electrons. The van der Waals surface area contributed by atoms with Gasteiger partial charge < -0.3 is 20.5 Å². The maximum absolute atomic E-state index is 11.8. The molecule has 1 aromatic carbocycles. The summed E-state index contributed by atoms with van der Waals surface area (Å²) in [6.45, 7) is 0.709. The second-order valence-corrected chi connectivity index (χ2v) is 4.70. The molecular weight excluding hydrogens is 260 g/mol. The zero-order valence-corrected chi connectivity index (χ0v) is 11.3. The van der Waals surface area contributed by atoms with Gasteiger partial charge in [0.05, 0.1) is 12.7 Å². The summed E-state index contributed by atoms with van der Waals surface area (Å²) >= 11 is 0. The number of hydrogen-bond donors (Lipinski definition) is 3. The molecule has 1 saturated carbocycles. The average Bonchev–Trinajstić information content (AvgIpc) is 3.27. The topological polar surface area (TPSA) is 87.7 Å². The lowest BCUT2D eigenvalue weighted by molar-refractivity contribution is -0.122. The monoisotopic (exact) mass is 278 g/mol. The van der Waals surface area contributed by atoms with Crippen LogP contribution in [0.5, 0.6) is 11.5 Å². The molecule has 6 nitrogen and oxygen atoms in total. The Bertz CT molecular complexity index is 512. The van der Waals surface area contributed by atoms with Crippen LogP contribution in [0, 0.1) is 5.92 Å². The van der Waals surface area contributed by atoms with E-state index in [1.807, 2.05) is 0 Å². The van der Waals surface area contributed by atoms with Gasteiger partial charge >= 0.3 is 0 Å². The number of nitrogens with one attached hydrogen (secondary N) is 2. The fourth-order valence-corrected chi connectivity index (χ4v) is 1.78. The predicted molar refractivity (Wildman–Crippen MR) is 72.7 cm³/mol. The number of carbonyl (C=O) groups excluding carboxylic acids is 2. The minimum atomic E-state index is -0.383. The van der Waals surface area contributed by atoms with Gasteiger partial charge in [0.1, 0.15) is 11.5 Å². The lowest BCUT2D eigenvalue weighted by Gasteiger charge is -2.09. The first-order valence-electron chi connectivity index (χ1n) is 6.54. The van der Waals surface area contributed by atoms with Crippen LogP contribution in [0.15, 0.2) is 18.2 Å². The molecule has 108 valence electrons. The molecule has 0 heterocycles. The number of benzene rings is 1. The Morgan fingerprint density at radius 2 is 2.00 bits per heavy atom. The highest BCUT2D eigenvalue weighted by Gasteiger charge is 2.29. The summed E-state index contributed by atoms with van der Waals surface area (Å²) in [7, 11) is 1.48. The minimum absolute atomic E-state index is 0.0477. The molecule has 1 fully saturated rings. The van der Waals surface area contributed by atoms with Gasteiger partial charge in [-0.1, -0.05) is 0 Å². The van der Waals surface area contributed by atoms with Crippen LogP contribution in [-0.2, 0) is 4.79 Å². The molecule has 0 aliphatic heterocycles. The third-order valence-corrected chi connectivity index (χ3v) is 3.11. The summed E-state index contributed by atoms with van der Waals surface area (Å²) < 4.78 is 4.94. The summed E-state index contributed by atoms with van der Waals surface area (Å²) in [5.41, 5.74) is 0.180. The lowest BCUT2D eigenvalue weighted by Crippen LogP contribution is -2.35. The molecule has 0 atom stereocenters. The third kappa shape index (κ3) is 3.63. The van der Waals surface area contributed by atoms with Crippen LogP contribution in [-0.4, -0.2) is 37.1 Å². The molecule has 2 amide bonds. The maximum Gasteiger partial charge on any atom is 0.255 e. The van der Waals surface area contributed by atoms with Crippen molar-refractivity contribution in [2.45, 2.75) is 12.8 Å². The fraction of sp³-hybridized carbons (Fsp3) is 0.429.